The minimum atomic E-state index is -0.320. The summed E-state index contributed by atoms with van der Waals surface area (Å²) in [6, 6.07) is 9.87. The first-order chi connectivity index (χ1) is 12.6. The quantitative estimate of drug-likeness (QED) is 0.645. The Morgan fingerprint density at radius 3 is 2.92 bits per heavy atom. The molecule has 4 rings (SSSR count). The number of benzene rings is 1. The summed E-state index contributed by atoms with van der Waals surface area (Å²) in [6.45, 7) is 4.45. The van der Waals surface area contributed by atoms with Crippen LogP contribution >= 0.6 is 11.8 Å². The highest BCUT2D eigenvalue weighted by Crippen LogP contribution is 2.32. The zero-order chi connectivity index (χ0) is 18.1. The molecule has 3 aromatic rings. The normalized spacial score (nSPS) is 14.9. The smallest absolute Gasteiger partial charge is 0.277 e. The van der Waals surface area contributed by atoms with Crippen molar-refractivity contribution in [3.05, 3.63) is 47.9 Å². The van der Waals surface area contributed by atoms with Gasteiger partial charge in [-0.05, 0) is 44.4 Å². The van der Waals surface area contributed by atoms with Crippen molar-refractivity contribution in [2.24, 2.45) is 0 Å². The average Bonchev–Trinajstić information content (AvgIpc) is 3.29. The molecule has 1 aromatic carbocycles. The number of furan rings is 1. The molecule has 0 fully saturated rings. The van der Waals surface area contributed by atoms with Gasteiger partial charge in [0.15, 0.2) is 0 Å². The minimum absolute atomic E-state index is 0.0568. The number of amides is 1. The first kappa shape index (κ1) is 16.9. The molecule has 7 heteroatoms. The van der Waals surface area contributed by atoms with E-state index in [2.05, 4.69) is 16.3 Å². The number of hydrogen-bond acceptors (Lipinski definition) is 6. The summed E-state index contributed by atoms with van der Waals surface area (Å²) >= 11 is 1.28. The van der Waals surface area contributed by atoms with Crippen LogP contribution in [-0.2, 0) is 11.2 Å². The van der Waals surface area contributed by atoms with Gasteiger partial charge in [-0.2, -0.15) is 0 Å². The molecule has 0 saturated heterocycles. The summed E-state index contributed by atoms with van der Waals surface area (Å²) in [5.74, 6) is 1.18. The lowest BCUT2D eigenvalue weighted by atomic mass is 10.0. The predicted octanol–water partition coefficient (Wildman–Crippen LogP) is 4.10. The summed E-state index contributed by atoms with van der Waals surface area (Å²) in [7, 11) is 0. The van der Waals surface area contributed by atoms with E-state index in [1.807, 2.05) is 36.9 Å². The van der Waals surface area contributed by atoms with E-state index in [1.54, 1.807) is 12.3 Å². The third kappa shape index (κ3) is 3.14. The Morgan fingerprint density at radius 2 is 2.12 bits per heavy atom. The van der Waals surface area contributed by atoms with Gasteiger partial charge >= 0.3 is 0 Å². The average molecular weight is 369 g/mol. The minimum Gasteiger partial charge on any atom is -0.469 e. The van der Waals surface area contributed by atoms with Gasteiger partial charge in [-0.3, -0.25) is 4.79 Å². The van der Waals surface area contributed by atoms with Crippen LogP contribution in [0.1, 0.15) is 24.7 Å². The van der Waals surface area contributed by atoms with Crippen LogP contribution in [-0.4, -0.2) is 27.9 Å². The molecule has 2 aromatic heterocycles. The maximum atomic E-state index is 13.0. The molecule has 0 aliphatic carbocycles. The molecule has 1 amide bonds. The van der Waals surface area contributed by atoms with Crippen LogP contribution in [0.3, 0.4) is 0 Å². The summed E-state index contributed by atoms with van der Waals surface area (Å²) in [5.41, 5.74) is 3.00. The van der Waals surface area contributed by atoms with Crippen molar-refractivity contribution < 1.29 is 13.6 Å². The van der Waals surface area contributed by atoms with Crippen LogP contribution in [0.25, 0.3) is 11.5 Å². The van der Waals surface area contributed by atoms with Crippen LogP contribution in [0.4, 0.5) is 5.69 Å². The fraction of sp³-hybridized carbons (Fsp3) is 0.316. The highest BCUT2D eigenvalue weighted by Gasteiger charge is 2.28. The Labute approximate surface area is 155 Å². The van der Waals surface area contributed by atoms with Gasteiger partial charge in [0.2, 0.25) is 5.91 Å². The molecular formula is C19H19N3O3S. The third-order valence-electron chi connectivity index (χ3n) is 4.50. The Kier molecular flexibility index (Phi) is 4.55. The zero-order valence-electron chi connectivity index (χ0n) is 14.6. The maximum Gasteiger partial charge on any atom is 0.277 e. The van der Waals surface area contributed by atoms with E-state index in [4.69, 9.17) is 8.83 Å². The topological polar surface area (TPSA) is 72.4 Å². The number of anilines is 1. The van der Waals surface area contributed by atoms with E-state index in [-0.39, 0.29) is 11.2 Å². The highest BCUT2D eigenvalue weighted by molar-refractivity contribution is 8.00. The molecule has 0 bridgehead atoms. The van der Waals surface area contributed by atoms with Crippen LogP contribution in [0.15, 0.2) is 50.7 Å². The van der Waals surface area contributed by atoms with Gasteiger partial charge in [0.1, 0.15) is 5.76 Å². The molecule has 1 aliphatic rings. The number of rotatable bonds is 4. The number of thioether (sulfide) groups is 1. The number of hydrogen-bond donors (Lipinski definition) is 0. The number of aromatic nitrogens is 2. The second kappa shape index (κ2) is 6.99. The second-order valence-electron chi connectivity index (χ2n) is 6.25. The van der Waals surface area contributed by atoms with E-state index in [9.17, 15) is 4.79 Å². The number of carbonyl (C=O) groups is 1. The number of fused-ring (bicyclic) bond motifs is 1. The number of nitrogens with zero attached hydrogens (tertiary/aromatic N) is 3. The number of aryl methyl sites for hydroxylation is 2. The lowest BCUT2D eigenvalue weighted by molar-refractivity contribution is -0.117. The number of para-hydroxylation sites is 1. The zero-order valence-corrected chi connectivity index (χ0v) is 15.5. The lowest BCUT2D eigenvalue weighted by Gasteiger charge is -2.31. The van der Waals surface area contributed by atoms with E-state index in [0.29, 0.717) is 11.1 Å². The molecule has 6 nitrogen and oxygen atoms in total. The molecule has 0 radical (unpaired) electrons. The summed E-state index contributed by atoms with van der Waals surface area (Å²) < 4.78 is 11.0. The van der Waals surface area contributed by atoms with Crippen molar-refractivity contribution in [2.75, 3.05) is 11.4 Å². The van der Waals surface area contributed by atoms with Gasteiger partial charge in [0.25, 0.3) is 11.1 Å². The Balaban J connectivity index is 1.49. The molecule has 0 N–H and O–H groups in total. The molecule has 1 unspecified atom stereocenters. The predicted molar refractivity (Wildman–Crippen MR) is 99.2 cm³/mol. The van der Waals surface area contributed by atoms with E-state index in [0.717, 1.165) is 36.4 Å². The standard InChI is InChI=1S/C19H19N3O3S/c1-12-15(9-11-24-12)17-20-21-19(25-17)26-13(2)18(23)22-10-5-7-14-6-3-4-8-16(14)22/h3-4,6,8-9,11,13H,5,7,10H2,1-2H3. The van der Waals surface area contributed by atoms with Gasteiger partial charge in [0, 0.05) is 12.2 Å². The summed E-state index contributed by atoms with van der Waals surface area (Å²) in [5, 5.41) is 8.18. The highest BCUT2D eigenvalue weighted by atomic mass is 32.2. The van der Waals surface area contributed by atoms with Crippen LogP contribution < -0.4 is 4.90 Å². The molecular weight excluding hydrogens is 350 g/mol. The molecule has 134 valence electrons. The fourth-order valence-corrected chi connectivity index (χ4v) is 3.90. The van der Waals surface area contributed by atoms with Crippen LogP contribution in [0.5, 0.6) is 0 Å². The summed E-state index contributed by atoms with van der Waals surface area (Å²) in [6.07, 6.45) is 3.57. The van der Waals surface area contributed by atoms with Crippen molar-refractivity contribution in [1.29, 1.82) is 0 Å². The Hall–Kier alpha value is -2.54. The molecule has 0 saturated carbocycles. The second-order valence-corrected chi connectivity index (χ2v) is 7.54. The van der Waals surface area contributed by atoms with E-state index < -0.39 is 0 Å². The van der Waals surface area contributed by atoms with Crippen LogP contribution in [0.2, 0.25) is 0 Å². The van der Waals surface area contributed by atoms with Gasteiger partial charge in [-0.15, -0.1) is 10.2 Å². The largest absolute Gasteiger partial charge is 0.469 e. The Bertz CT molecular complexity index is 934. The lowest BCUT2D eigenvalue weighted by Crippen LogP contribution is -2.40. The molecule has 0 spiro atoms. The van der Waals surface area contributed by atoms with E-state index >= 15 is 0 Å². The van der Waals surface area contributed by atoms with Crippen LogP contribution in [0, 0.1) is 6.92 Å². The van der Waals surface area contributed by atoms with Crippen molar-refractivity contribution in [2.45, 2.75) is 37.2 Å². The van der Waals surface area contributed by atoms with Crippen molar-refractivity contribution in [3.63, 3.8) is 0 Å². The van der Waals surface area contributed by atoms with E-state index in [1.165, 1.54) is 17.3 Å². The SMILES string of the molecule is Cc1occc1-c1nnc(SC(C)C(=O)N2CCCc3ccccc32)o1. The van der Waals surface area contributed by atoms with Gasteiger partial charge < -0.3 is 13.7 Å². The van der Waals surface area contributed by atoms with Crippen molar-refractivity contribution in [3.8, 4) is 11.5 Å². The molecule has 1 aliphatic heterocycles. The fourth-order valence-electron chi connectivity index (χ4n) is 3.16. The number of carbonyl (C=O) groups excluding carboxylic acids is 1. The third-order valence-corrected chi connectivity index (χ3v) is 5.42. The van der Waals surface area contributed by atoms with Gasteiger partial charge in [0.05, 0.1) is 17.1 Å². The summed E-state index contributed by atoms with van der Waals surface area (Å²) in [4.78, 5) is 14.8. The first-order valence-corrected chi connectivity index (χ1v) is 9.45. The Morgan fingerprint density at radius 1 is 1.27 bits per heavy atom. The van der Waals surface area contributed by atoms with Crippen molar-refractivity contribution in [1.82, 2.24) is 10.2 Å². The monoisotopic (exact) mass is 369 g/mol. The van der Waals surface area contributed by atoms with Gasteiger partial charge in [-0.25, -0.2) is 0 Å². The van der Waals surface area contributed by atoms with Crippen molar-refractivity contribution >= 4 is 23.4 Å². The molecule has 3 heterocycles. The molecule has 1 atom stereocenters. The first-order valence-electron chi connectivity index (χ1n) is 8.57. The molecule has 26 heavy (non-hydrogen) atoms. The maximum absolute atomic E-state index is 13.0. The van der Waals surface area contributed by atoms with Gasteiger partial charge in [-0.1, -0.05) is 30.0 Å².